The van der Waals surface area contributed by atoms with Gasteiger partial charge >= 0.3 is 0 Å². The molecule has 0 saturated carbocycles. The molecule has 0 unspecified atom stereocenters. The lowest BCUT2D eigenvalue weighted by atomic mass is 9.97. The molecule has 1 aromatic heterocycles. The Balaban J connectivity index is 2.15. The number of carbonyl (C=O) groups excluding carboxylic acids is 1. The fourth-order valence-corrected chi connectivity index (χ4v) is 2.89. The molecule has 0 aliphatic heterocycles. The Labute approximate surface area is 116 Å². The van der Waals surface area contributed by atoms with Crippen LogP contribution in [0.1, 0.15) is 27.0 Å². The molecule has 0 amide bonds. The van der Waals surface area contributed by atoms with Crippen molar-refractivity contribution in [2.75, 3.05) is 5.75 Å². The molecule has 0 fully saturated rings. The minimum Gasteiger partial charge on any atom is -0.293 e. The zero-order valence-corrected chi connectivity index (χ0v) is 12.3. The van der Waals surface area contributed by atoms with E-state index in [2.05, 4.69) is 15.5 Å². The molecular weight excluding hydrogens is 260 g/mol. The van der Waals surface area contributed by atoms with Gasteiger partial charge in [-0.2, -0.15) is 0 Å². The van der Waals surface area contributed by atoms with E-state index in [1.54, 1.807) is 11.7 Å². The molecule has 5 nitrogen and oxygen atoms in total. The highest BCUT2D eigenvalue weighted by molar-refractivity contribution is 7.99. The average Bonchev–Trinajstić information content (AvgIpc) is 2.70. The van der Waals surface area contributed by atoms with Crippen LogP contribution in [0.5, 0.6) is 0 Å². The fraction of sp³-hybridized carbons (Fsp3) is 0.385. The number of rotatable bonds is 4. The van der Waals surface area contributed by atoms with Crippen LogP contribution in [0, 0.1) is 20.8 Å². The number of nitrogens with zero attached hydrogens (tertiary/aromatic N) is 4. The van der Waals surface area contributed by atoms with Crippen LogP contribution in [0.4, 0.5) is 0 Å². The van der Waals surface area contributed by atoms with Gasteiger partial charge in [0.25, 0.3) is 0 Å². The van der Waals surface area contributed by atoms with E-state index < -0.39 is 0 Å². The minimum absolute atomic E-state index is 0.114. The number of benzene rings is 1. The maximum absolute atomic E-state index is 12.3. The van der Waals surface area contributed by atoms with Crippen molar-refractivity contribution in [2.45, 2.75) is 25.9 Å². The molecule has 2 rings (SSSR count). The standard InChI is InChI=1S/C13H16N4OS/c1-8-5-9(2)12(10(3)6-8)11(18)7-19-13-14-15-16-17(13)4/h5-6H,7H2,1-4H3. The molecular formula is C13H16N4OS. The van der Waals surface area contributed by atoms with Crippen LogP contribution in [0.25, 0.3) is 0 Å². The van der Waals surface area contributed by atoms with E-state index in [1.165, 1.54) is 17.3 Å². The normalized spacial score (nSPS) is 10.7. The smallest absolute Gasteiger partial charge is 0.209 e. The van der Waals surface area contributed by atoms with Crippen molar-refractivity contribution in [2.24, 2.45) is 7.05 Å². The van der Waals surface area contributed by atoms with Crippen LogP contribution in [0.2, 0.25) is 0 Å². The van der Waals surface area contributed by atoms with Gasteiger partial charge in [-0.1, -0.05) is 29.5 Å². The molecule has 0 bridgehead atoms. The van der Waals surface area contributed by atoms with Gasteiger partial charge in [0.05, 0.1) is 5.75 Å². The summed E-state index contributed by atoms with van der Waals surface area (Å²) in [6.45, 7) is 5.98. The van der Waals surface area contributed by atoms with E-state index in [0.717, 1.165) is 16.7 Å². The number of ketones is 1. The van der Waals surface area contributed by atoms with Crippen LogP contribution >= 0.6 is 11.8 Å². The molecule has 0 aliphatic carbocycles. The summed E-state index contributed by atoms with van der Waals surface area (Å²) in [6, 6.07) is 4.07. The Bertz CT molecular complexity index is 598. The Morgan fingerprint density at radius 1 is 1.26 bits per heavy atom. The van der Waals surface area contributed by atoms with E-state index in [4.69, 9.17) is 0 Å². The first-order chi connectivity index (χ1) is 8.99. The number of carbonyl (C=O) groups is 1. The molecule has 19 heavy (non-hydrogen) atoms. The van der Waals surface area contributed by atoms with Gasteiger partial charge < -0.3 is 0 Å². The number of aryl methyl sites for hydroxylation is 4. The highest BCUT2D eigenvalue weighted by Gasteiger charge is 2.14. The van der Waals surface area contributed by atoms with Crippen molar-refractivity contribution in [3.8, 4) is 0 Å². The molecule has 1 aromatic carbocycles. The molecule has 100 valence electrons. The van der Waals surface area contributed by atoms with Crippen LogP contribution in [-0.4, -0.2) is 31.7 Å². The van der Waals surface area contributed by atoms with E-state index in [9.17, 15) is 4.79 Å². The second-order valence-corrected chi connectivity index (χ2v) is 5.51. The third kappa shape index (κ3) is 3.01. The summed E-state index contributed by atoms with van der Waals surface area (Å²) >= 11 is 1.36. The zero-order valence-electron chi connectivity index (χ0n) is 11.5. The van der Waals surface area contributed by atoms with Crippen LogP contribution in [0.15, 0.2) is 17.3 Å². The Hall–Kier alpha value is -1.69. The van der Waals surface area contributed by atoms with Crippen molar-refractivity contribution in [1.29, 1.82) is 0 Å². The number of thioether (sulfide) groups is 1. The van der Waals surface area contributed by atoms with Gasteiger partial charge in [0.1, 0.15) is 0 Å². The SMILES string of the molecule is Cc1cc(C)c(C(=O)CSc2nnnn2C)c(C)c1. The van der Waals surface area contributed by atoms with Gasteiger partial charge in [-0.05, 0) is 42.3 Å². The monoisotopic (exact) mass is 276 g/mol. The number of tetrazole rings is 1. The Morgan fingerprint density at radius 2 is 1.89 bits per heavy atom. The number of hydrogen-bond acceptors (Lipinski definition) is 5. The average molecular weight is 276 g/mol. The van der Waals surface area contributed by atoms with Gasteiger partial charge in [0.15, 0.2) is 5.78 Å². The quantitative estimate of drug-likeness (QED) is 0.632. The summed E-state index contributed by atoms with van der Waals surface area (Å²) in [5.41, 5.74) is 4.04. The maximum Gasteiger partial charge on any atom is 0.209 e. The van der Waals surface area contributed by atoms with E-state index in [1.807, 2.05) is 32.9 Å². The summed E-state index contributed by atoms with van der Waals surface area (Å²) in [7, 11) is 1.76. The first-order valence-electron chi connectivity index (χ1n) is 5.95. The molecule has 0 saturated heterocycles. The molecule has 0 spiro atoms. The molecule has 6 heteroatoms. The van der Waals surface area contributed by atoms with Gasteiger partial charge in [0.2, 0.25) is 5.16 Å². The first kappa shape index (κ1) is 13.7. The molecule has 0 atom stereocenters. The summed E-state index contributed by atoms with van der Waals surface area (Å²) in [5.74, 6) is 0.460. The van der Waals surface area contributed by atoms with Crippen LogP contribution in [-0.2, 0) is 7.05 Å². The van der Waals surface area contributed by atoms with Crippen molar-refractivity contribution in [3.05, 3.63) is 34.4 Å². The number of aromatic nitrogens is 4. The lowest BCUT2D eigenvalue weighted by Crippen LogP contribution is -2.08. The topological polar surface area (TPSA) is 60.7 Å². The van der Waals surface area contributed by atoms with Gasteiger partial charge in [-0.15, -0.1) is 5.10 Å². The van der Waals surface area contributed by atoms with Crippen molar-refractivity contribution in [3.63, 3.8) is 0 Å². The highest BCUT2D eigenvalue weighted by Crippen LogP contribution is 2.20. The number of hydrogen-bond donors (Lipinski definition) is 0. The lowest BCUT2D eigenvalue weighted by molar-refractivity contribution is 0.102. The maximum atomic E-state index is 12.3. The molecule has 0 radical (unpaired) electrons. The van der Waals surface area contributed by atoms with Gasteiger partial charge in [-0.25, -0.2) is 4.68 Å². The van der Waals surface area contributed by atoms with E-state index in [0.29, 0.717) is 10.9 Å². The lowest BCUT2D eigenvalue weighted by Gasteiger charge is -2.09. The summed E-state index contributed by atoms with van der Waals surface area (Å²) in [4.78, 5) is 12.3. The second-order valence-electron chi connectivity index (χ2n) is 4.57. The van der Waals surface area contributed by atoms with Gasteiger partial charge in [-0.3, -0.25) is 4.79 Å². The molecule has 2 aromatic rings. The van der Waals surface area contributed by atoms with E-state index >= 15 is 0 Å². The minimum atomic E-state index is 0.114. The van der Waals surface area contributed by atoms with Crippen molar-refractivity contribution in [1.82, 2.24) is 20.2 Å². The molecule has 0 aliphatic rings. The molecule has 0 N–H and O–H groups in total. The third-order valence-corrected chi connectivity index (χ3v) is 3.88. The zero-order chi connectivity index (χ0) is 14.0. The van der Waals surface area contributed by atoms with Crippen LogP contribution < -0.4 is 0 Å². The summed E-state index contributed by atoms with van der Waals surface area (Å²) < 4.78 is 1.56. The number of Topliss-reactive ketones (excluding diaryl/α,β-unsaturated/α-hetero) is 1. The first-order valence-corrected chi connectivity index (χ1v) is 6.94. The van der Waals surface area contributed by atoms with E-state index in [-0.39, 0.29) is 5.78 Å². The van der Waals surface area contributed by atoms with Crippen molar-refractivity contribution < 1.29 is 4.79 Å². The summed E-state index contributed by atoms with van der Waals surface area (Å²) in [5, 5.41) is 11.8. The Morgan fingerprint density at radius 3 is 2.42 bits per heavy atom. The fourth-order valence-electron chi connectivity index (χ4n) is 2.17. The predicted molar refractivity (Wildman–Crippen MR) is 74.5 cm³/mol. The summed E-state index contributed by atoms with van der Waals surface area (Å²) in [6.07, 6.45) is 0. The van der Waals surface area contributed by atoms with Gasteiger partial charge in [0, 0.05) is 12.6 Å². The Kier molecular flexibility index (Phi) is 3.99. The highest BCUT2D eigenvalue weighted by atomic mass is 32.2. The van der Waals surface area contributed by atoms with Crippen molar-refractivity contribution >= 4 is 17.5 Å². The second kappa shape index (κ2) is 5.52. The largest absolute Gasteiger partial charge is 0.293 e. The predicted octanol–water partition coefficient (Wildman–Crippen LogP) is 2.11. The van der Waals surface area contributed by atoms with Crippen LogP contribution in [0.3, 0.4) is 0 Å². The molecule has 1 heterocycles. The third-order valence-electron chi connectivity index (χ3n) is 2.87.